The smallest absolute Gasteiger partial charge is 0.338 e. The van der Waals surface area contributed by atoms with Crippen molar-refractivity contribution in [1.82, 2.24) is 0 Å². The summed E-state index contributed by atoms with van der Waals surface area (Å²) >= 11 is 1.39. The largest absolute Gasteiger partial charge is 0.462 e. The lowest BCUT2D eigenvalue weighted by Gasteiger charge is -2.50. The first-order valence-electron chi connectivity index (χ1n) is 24.9. The summed E-state index contributed by atoms with van der Waals surface area (Å²) in [7, 11) is 0. The van der Waals surface area contributed by atoms with Gasteiger partial charge in [0.15, 0.2) is 37.0 Å². The van der Waals surface area contributed by atoms with E-state index in [1.165, 1.54) is 11.8 Å². The molecule has 76 heavy (non-hydrogen) atoms. The van der Waals surface area contributed by atoms with E-state index < -0.39 is 96.3 Å². The van der Waals surface area contributed by atoms with E-state index in [0.29, 0.717) is 5.56 Å². The Labute approximate surface area is 443 Å². The van der Waals surface area contributed by atoms with Crippen LogP contribution in [0.25, 0.3) is 0 Å². The number of carbonyl (C=O) groups is 5. The predicted octanol–water partition coefficient (Wildman–Crippen LogP) is 10.2. The molecule has 7 aromatic rings. The first-order chi connectivity index (χ1) is 37.3. The van der Waals surface area contributed by atoms with Crippen LogP contribution < -0.4 is 0 Å². The summed E-state index contributed by atoms with van der Waals surface area (Å²) in [4.78, 5) is 72.4. The van der Waals surface area contributed by atoms with Crippen LogP contribution in [-0.2, 0) is 42.6 Å². The third-order valence-electron chi connectivity index (χ3n) is 13.1. The standard InChI is InChI=1S/C61H52O14S/c62-55(39-22-8-1-9-23-39)67-37-45-36-48(76-46-34-20-7-21-35-46)51(70-56(63)40-24-10-2-11-25-40)52(71-57(64)41-26-12-3-13-27-41)49(45)74-61-54(73-59(66)43-30-16-5-17-31-43)53(72-58(65)42-28-14-4-15-29-42)50-47(69-61)38-68-60(75-50)44-32-18-6-19-33-44/h1-35,45,47-54,60-61H,36-38H2. The lowest BCUT2D eigenvalue weighted by molar-refractivity contribution is -0.371. The van der Waals surface area contributed by atoms with Gasteiger partial charge in [0.2, 0.25) is 0 Å². The summed E-state index contributed by atoms with van der Waals surface area (Å²) in [6, 6.07) is 60.3. The molecule has 0 amide bonds. The molecule has 15 heteroatoms. The predicted molar refractivity (Wildman–Crippen MR) is 277 cm³/mol. The zero-order chi connectivity index (χ0) is 52.2. The van der Waals surface area contributed by atoms with Gasteiger partial charge in [-0.1, -0.05) is 140 Å². The molecule has 0 radical (unpaired) electrons. The fourth-order valence-electron chi connectivity index (χ4n) is 9.40. The van der Waals surface area contributed by atoms with Gasteiger partial charge in [-0.2, -0.15) is 0 Å². The number of benzene rings is 7. The molecule has 7 aromatic carbocycles. The van der Waals surface area contributed by atoms with Gasteiger partial charge in [-0.3, -0.25) is 0 Å². The minimum absolute atomic E-state index is 0.106. The van der Waals surface area contributed by atoms with Crippen LogP contribution in [-0.4, -0.2) is 97.3 Å². The molecule has 0 bridgehead atoms. The van der Waals surface area contributed by atoms with Crippen LogP contribution in [0.2, 0.25) is 0 Å². The summed E-state index contributed by atoms with van der Waals surface area (Å²) in [5, 5.41) is -0.665. The highest BCUT2D eigenvalue weighted by Crippen LogP contribution is 2.44. The van der Waals surface area contributed by atoms with E-state index in [-0.39, 0.29) is 47.5 Å². The fraction of sp³-hybridized carbons (Fsp3) is 0.230. The van der Waals surface area contributed by atoms with Crippen molar-refractivity contribution in [2.75, 3.05) is 13.2 Å². The molecule has 10 rings (SSSR count). The molecule has 3 fully saturated rings. The third kappa shape index (κ3) is 12.4. The molecule has 1 aliphatic carbocycles. The molecule has 0 N–H and O–H groups in total. The van der Waals surface area contributed by atoms with Crippen molar-refractivity contribution in [3.63, 3.8) is 0 Å². The van der Waals surface area contributed by atoms with Crippen LogP contribution in [0.3, 0.4) is 0 Å². The molecule has 386 valence electrons. The van der Waals surface area contributed by atoms with E-state index in [2.05, 4.69) is 0 Å². The van der Waals surface area contributed by atoms with E-state index in [9.17, 15) is 24.0 Å². The normalized spacial score (nSPS) is 24.9. The van der Waals surface area contributed by atoms with Crippen LogP contribution in [0, 0.1) is 5.92 Å². The van der Waals surface area contributed by atoms with Gasteiger partial charge in [0, 0.05) is 16.4 Å². The monoisotopic (exact) mass is 1040 g/mol. The molecule has 14 nitrogen and oxygen atoms in total. The number of hydrogen-bond acceptors (Lipinski definition) is 15. The SMILES string of the molecule is O=C(OCC1CC(Sc2ccccc2)C(OC(=O)c2ccccc2)C(OC(=O)c2ccccc2)C1OC1OC2COC(c3ccccc3)OC2C(OC(=O)c2ccccc2)C1OC(=O)c1ccccc1)c1ccccc1. The molecule has 3 aliphatic rings. The Hall–Kier alpha value is -7.92. The highest BCUT2D eigenvalue weighted by atomic mass is 32.2. The summed E-state index contributed by atoms with van der Waals surface area (Å²) in [6.45, 7) is -0.404. The number of thioether (sulfide) groups is 1. The summed E-state index contributed by atoms with van der Waals surface area (Å²) in [6.07, 6.45) is -11.7. The maximum Gasteiger partial charge on any atom is 0.338 e. The quantitative estimate of drug-likeness (QED) is 0.0662. The third-order valence-corrected chi connectivity index (χ3v) is 14.4. The molecule has 2 aliphatic heterocycles. The van der Waals surface area contributed by atoms with Crippen molar-refractivity contribution < 1.29 is 66.6 Å². The van der Waals surface area contributed by atoms with Crippen LogP contribution >= 0.6 is 11.8 Å². The van der Waals surface area contributed by atoms with Gasteiger partial charge < -0.3 is 42.6 Å². The highest BCUT2D eigenvalue weighted by molar-refractivity contribution is 8.00. The first kappa shape index (κ1) is 51.6. The summed E-state index contributed by atoms with van der Waals surface area (Å²) in [5.41, 5.74) is 1.74. The number of ether oxygens (including phenoxy) is 9. The van der Waals surface area contributed by atoms with E-state index >= 15 is 0 Å². The Morgan fingerprint density at radius 1 is 0.434 bits per heavy atom. The molecule has 0 spiro atoms. The first-order valence-corrected chi connectivity index (χ1v) is 25.7. The Kier molecular flexibility index (Phi) is 16.7. The second-order valence-electron chi connectivity index (χ2n) is 18.2. The number of rotatable bonds is 16. The van der Waals surface area contributed by atoms with Crippen molar-refractivity contribution in [3.05, 3.63) is 246 Å². The minimum Gasteiger partial charge on any atom is -0.462 e. The lowest BCUT2D eigenvalue weighted by Crippen LogP contribution is -2.66. The topological polar surface area (TPSA) is 168 Å². The van der Waals surface area contributed by atoms with Crippen molar-refractivity contribution >= 4 is 41.6 Å². The van der Waals surface area contributed by atoms with Gasteiger partial charge in [-0.15, -0.1) is 11.8 Å². The molecular formula is C61H52O14S. The average molecular weight is 1040 g/mol. The zero-order valence-electron chi connectivity index (χ0n) is 40.8. The van der Waals surface area contributed by atoms with Gasteiger partial charge in [0.05, 0.1) is 46.3 Å². The summed E-state index contributed by atoms with van der Waals surface area (Å²) in [5.74, 6) is -4.55. The van der Waals surface area contributed by atoms with Gasteiger partial charge in [0.25, 0.3) is 0 Å². The summed E-state index contributed by atoms with van der Waals surface area (Å²) < 4.78 is 59.0. The maximum absolute atomic E-state index is 14.6. The average Bonchev–Trinajstić information content (AvgIpc) is 3.52. The molecule has 1 saturated carbocycles. The van der Waals surface area contributed by atoms with E-state index in [4.69, 9.17) is 42.6 Å². The maximum atomic E-state index is 14.6. The zero-order valence-corrected chi connectivity index (χ0v) is 41.6. The highest BCUT2D eigenvalue weighted by Gasteiger charge is 2.58. The fourth-order valence-corrected chi connectivity index (χ4v) is 10.8. The lowest BCUT2D eigenvalue weighted by atomic mass is 9.81. The molecule has 2 saturated heterocycles. The molecule has 2 heterocycles. The second kappa shape index (κ2) is 24.6. The van der Waals surface area contributed by atoms with Crippen LogP contribution in [0.5, 0.6) is 0 Å². The van der Waals surface area contributed by atoms with E-state index in [1.54, 1.807) is 152 Å². The van der Waals surface area contributed by atoms with E-state index in [0.717, 1.165) is 4.90 Å². The molecule has 11 unspecified atom stereocenters. The van der Waals surface area contributed by atoms with Crippen LogP contribution in [0.4, 0.5) is 0 Å². The number of carbonyl (C=O) groups excluding carboxylic acids is 5. The minimum atomic E-state index is -1.65. The number of esters is 5. The van der Waals surface area contributed by atoms with Crippen molar-refractivity contribution in [2.45, 2.75) is 71.9 Å². The molecule has 11 atom stereocenters. The van der Waals surface area contributed by atoms with Gasteiger partial charge in [0.1, 0.15) is 18.3 Å². The Morgan fingerprint density at radius 2 is 0.842 bits per heavy atom. The van der Waals surface area contributed by atoms with Gasteiger partial charge in [-0.25, -0.2) is 24.0 Å². The van der Waals surface area contributed by atoms with Crippen LogP contribution in [0.15, 0.2) is 217 Å². The van der Waals surface area contributed by atoms with E-state index in [1.807, 2.05) is 60.7 Å². The number of fused-ring (bicyclic) bond motifs is 1. The van der Waals surface area contributed by atoms with Gasteiger partial charge >= 0.3 is 29.8 Å². The van der Waals surface area contributed by atoms with Crippen molar-refractivity contribution in [2.24, 2.45) is 5.92 Å². The Balaban J connectivity index is 1.09. The second-order valence-corrected chi connectivity index (χ2v) is 19.5. The molecule has 0 aromatic heterocycles. The molecular weight excluding hydrogens is 989 g/mol. The Morgan fingerprint density at radius 3 is 1.33 bits per heavy atom. The van der Waals surface area contributed by atoms with Crippen molar-refractivity contribution in [3.8, 4) is 0 Å². The van der Waals surface area contributed by atoms with Gasteiger partial charge in [-0.05, 0) is 79.2 Å². The number of hydrogen-bond donors (Lipinski definition) is 0. The van der Waals surface area contributed by atoms with Crippen LogP contribution in [0.1, 0.15) is 70.1 Å². The van der Waals surface area contributed by atoms with Crippen molar-refractivity contribution in [1.29, 1.82) is 0 Å². The Bertz CT molecular complexity index is 3030.